The fraction of sp³-hybridized carbons (Fsp3) is 0.500. The number of piperidine rings is 1. The summed E-state index contributed by atoms with van der Waals surface area (Å²) >= 11 is 1.74. The van der Waals surface area contributed by atoms with Gasteiger partial charge in [0.1, 0.15) is 5.82 Å². The minimum atomic E-state index is -0.460. The van der Waals surface area contributed by atoms with Crippen LogP contribution in [0.4, 0.5) is 4.79 Å². The Bertz CT molecular complexity index is 745. The zero-order valence-electron chi connectivity index (χ0n) is 14.9. The molecule has 3 rings (SSSR count). The predicted molar refractivity (Wildman–Crippen MR) is 104 cm³/mol. The quantitative estimate of drug-likeness (QED) is 0.720. The number of aromatic amines is 1. The van der Waals surface area contributed by atoms with Gasteiger partial charge in [0.2, 0.25) is 5.91 Å². The Kier molecular flexibility index (Phi) is 6.03. The lowest BCUT2D eigenvalue weighted by atomic mass is 9.97. The summed E-state index contributed by atoms with van der Waals surface area (Å²) in [6, 6.07) is 7.20. The summed E-state index contributed by atoms with van der Waals surface area (Å²) in [4.78, 5) is 33.7. The molecule has 140 valence electrons. The van der Waals surface area contributed by atoms with Crippen molar-refractivity contribution in [2.45, 2.75) is 25.3 Å². The minimum absolute atomic E-state index is 0.0393. The number of carbonyl (C=O) groups excluding carboxylic acids is 2. The molecular formula is C18H25N5O2S. The zero-order valence-corrected chi connectivity index (χ0v) is 15.7. The number of thioether (sulfide) groups is 1. The van der Waals surface area contributed by atoms with Crippen LogP contribution in [-0.4, -0.2) is 51.9 Å². The molecule has 1 aromatic carbocycles. The third-order valence-electron chi connectivity index (χ3n) is 4.77. The number of hydrogen-bond donors (Lipinski definition) is 3. The molecule has 1 aromatic heterocycles. The molecular weight excluding hydrogens is 350 g/mol. The van der Waals surface area contributed by atoms with E-state index in [9.17, 15) is 9.59 Å². The number of amides is 3. The number of nitrogens with zero attached hydrogens (tertiary/aromatic N) is 2. The van der Waals surface area contributed by atoms with Gasteiger partial charge in [-0.25, -0.2) is 9.78 Å². The third kappa shape index (κ3) is 4.30. The van der Waals surface area contributed by atoms with Crippen LogP contribution in [-0.2, 0) is 4.79 Å². The van der Waals surface area contributed by atoms with Crippen molar-refractivity contribution in [2.24, 2.45) is 11.7 Å². The topological polar surface area (TPSA) is 104 Å². The van der Waals surface area contributed by atoms with E-state index in [-0.39, 0.29) is 17.9 Å². The number of aromatic nitrogens is 2. The molecule has 1 saturated heterocycles. The van der Waals surface area contributed by atoms with Crippen LogP contribution >= 0.6 is 11.8 Å². The number of imidazole rings is 1. The molecule has 2 aromatic rings. The van der Waals surface area contributed by atoms with Gasteiger partial charge in [0.05, 0.1) is 23.0 Å². The highest BCUT2D eigenvalue weighted by Gasteiger charge is 2.29. The Balaban J connectivity index is 1.73. The first kappa shape index (κ1) is 18.6. The summed E-state index contributed by atoms with van der Waals surface area (Å²) < 4.78 is 0. The summed E-state index contributed by atoms with van der Waals surface area (Å²) in [5.74, 6) is 1.43. The van der Waals surface area contributed by atoms with Crippen molar-refractivity contribution in [3.05, 3.63) is 30.1 Å². The minimum Gasteiger partial charge on any atom is -0.351 e. The van der Waals surface area contributed by atoms with Gasteiger partial charge < -0.3 is 20.9 Å². The Labute approximate surface area is 157 Å². The average molecular weight is 375 g/mol. The average Bonchev–Trinajstić information content (AvgIpc) is 3.09. The Hall–Kier alpha value is -2.22. The van der Waals surface area contributed by atoms with Crippen molar-refractivity contribution >= 4 is 34.7 Å². The number of primary amides is 1. The van der Waals surface area contributed by atoms with E-state index in [1.54, 1.807) is 16.7 Å². The summed E-state index contributed by atoms with van der Waals surface area (Å²) in [7, 11) is 0. The monoisotopic (exact) mass is 375 g/mol. The number of nitrogens with one attached hydrogen (secondary N) is 2. The molecule has 0 aliphatic carbocycles. The molecule has 1 aliphatic rings. The van der Waals surface area contributed by atoms with Gasteiger partial charge in [-0.1, -0.05) is 12.1 Å². The molecule has 0 saturated carbocycles. The molecule has 1 fully saturated rings. The largest absolute Gasteiger partial charge is 0.351 e. The first-order chi connectivity index (χ1) is 12.6. The Morgan fingerprint density at radius 3 is 3.00 bits per heavy atom. The van der Waals surface area contributed by atoms with Crippen LogP contribution in [0.1, 0.15) is 31.1 Å². The van der Waals surface area contributed by atoms with Crippen LogP contribution < -0.4 is 11.1 Å². The maximum absolute atomic E-state index is 12.8. The van der Waals surface area contributed by atoms with Crippen molar-refractivity contribution < 1.29 is 9.59 Å². The van der Waals surface area contributed by atoms with E-state index < -0.39 is 6.03 Å². The van der Waals surface area contributed by atoms with Crippen molar-refractivity contribution in [1.82, 2.24) is 20.2 Å². The molecule has 0 bridgehead atoms. The lowest BCUT2D eigenvalue weighted by Crippen LogP contribution is -2.47. The summed E-state index contributed by atoms with van der Waals surface area (Å²) in [6.07, 6.45) is 4.40. The SMILES string of the molecule is CSCC[C@@H](NC(=O)[C@@H]1CCCN(C(N)=O)C1)c1nc2ccccc2[nH]1. The number of urea groups is 1. The van der Waals surface area contributed by atoms with Gasteiger partial charge in [0.25, 0.3) is 0 Å². The van der Waals surface area contributed by atoms with E-state index in [0.717, 1.165) is 41.9 Å². The van der Waals surface area contributed by atoms with Crippen LogP contribution in [0.3, 0.4) is 0 Å². The molecule has 26 heavy (non-hydrogen) atoms. The first-order valence-electron chi connectivity index (χ1n) is 8.87. The Morgan fingerprint density at radius 1 is 1.46 bits per heavy atom. The molecule has 4 N–H and O–H groups in total. The van der Waals surface area contributed by atoms with E-state index >= 15 is 0 Å². The molecule has 2 atom stereocenters. The van der Waals surface area contributed by atoms with Gasteiger partial charge >= 0.3 is 6.03 Å². The van der Waals surface area contributed by atoms with Crippen molar-refractivity contribution in [3.63, 3.8) is 0 Å². The molecule has 8 heteroatoms. The third-order valence-corrected chi connectivity index (χ3v) is 5.41. The molecule has 1 aliphatic heterocycles. The highest BCUT2D eigenvalue weighted by Crippen LogP contribution is 2.22. The van der Waals surface area contributed by atoms with Crippen LogP contribution in [0.25, 0.3) is 11.0 Å². The lowest BCUT2D eigenvalue weighted by Gasteiger charge is -2.31. The number of para-hydroxylation sites is 2. The number of hydrogen-bond acceptors (Lipinski definition) is 4. The predicted octanol–water partition coefficient (Wildman–Crippen LogP) is 2.26. The second kappa shape index (κ2) is 8.44. The molecule has 2 heterocycles. The van der Waals surface area contributed by atoms with Gasteiger partial charge in [-0.05, 0) is 43.4 Å². The molecule has 7 nitrogen and oxygen atoms in total. The summed E-state index contributed by atoms with van der Waals surface area (Å²) in [5.41, 5.74) is 7.22. The molecule has 3 amide bonds. The highest BCUT2D eigenvalue weighted by atomic mass is 32.2. The number of rotatable bonds is 6. The van der Waals surface area contributed by atoms with Crippen molar-refractivity contribution in [2.75, 3.05) is 25.1 Å². The van der Waals surface area contributed by atoms with Gasteiger partial charge in [0, 0.05) is 13.1 Å². The fourth-order valence-corrected chi connectivity index (χ4v) is 3.80. The Morgan fingerprint density at radius 2 is 2.27 bits per heavy atom. The smallest absolute Gasteiger partial charge is 0.314 e. The maximum Gasteiger partial charge on any atom is 0.314 e. The van der Waals surface area contributed by atoms with E-state index in [0.29, 0.717) is 13.1 Å². The van der Waals surface area contributed by atoms with Gasteiger partial charge in [0.15, 0.2) is 0 Å². The number of likely N-dealkylation sites (tertiary alicyclic amines) is 1. The number of H-pyrrole nitrogens is 1. The number of benzene rings is 1. The molecule has 0 radical (unpaired) electrons. The van der Waals surface area contributed by atoms with Crippen molar-refractivity contribution in [1.29, 1.82) is 0 Å². The highest BCUT2D eigenvalue weighted by molar-refractivity contribution is 7.98. The van der Waals surface area contributed by atoms with Gasteiger partial charge in [-0.2, -0.15) is 11.8 Å². The van der Waals surface area contributed by atoms with Crippen LogP contribution in [0.5, 0.6) is 0 Å². The van der Waals surface area contributed by atoms with Gasteiger partial charge in [-0.3, -0.25) is 4.79 Å². The van der Waals surface area contributed by atoms with Crippen LogP contribution in [0.2, 0.25) is 0 Å². The normalized spacial score (nSPS) is 18.7. The second-order valence-electron chi connectivity index (χ2n) is 6.61. The molecule has 0 unspecified atom stereocenters. The van der Waals surface area contributed by atoms with E-state index in [4.69, 9.17) is 5.73 Å². The summed E-state index contributed by atoms with van der Waals surface area (Å²) in [5, 5.41) is 3.13. The number of carbonyl (C=O) groups is 2. The van der Waals surface area contributed by atoms with Crippen molar-refractivity contribution in [3.8, 4) is 0 Å². The second-order valence-corrected chi connectivity index (χ2v) is 7.59. The van der Waals surface area contributed by atoms with E-state index in [2.05, 4.69) is 15.3 Å². The van der Waals surface area contributed by atoms with Crippen LogP contribution in [0.15, 0.2) is 24.3 Å². The lowest BCUT2D eigenvalue weighted by molar-refractivity contribution is -0.127. The summed E-state index contributed by atoms with van der Waals surface area (Å²) in [6.45, 7) is 1.01. The van der Waals surface area contributed by atoms with E-state index in [1.165, 1.54) is 0 Å². The maximum atomic E-state index is 12.8. The molecule has 0 spiro atoms. The number of fused-ring (bicyclic) bond motifs is 1. The fourth-order valence-electron chi connectivity index (χ4n) is 3.33. The number of nitrogens with two attached hydrogens (primary N) is 1. The van der Waals surface area contributed by atoms with E-state index in [1.807, 2.05) is 30.5 Å². The zero-order chi connectivity index (χ0) is 18.5. The van der Waals surface area contributed by atoms with Crippen LogP contribution in [0, 0.1) is 5.92 Å². The standard InChI is InChI=1S/C18H25N5O2S/c1-26-10-8-15(16-20-13-6-2-3-7-14(13)21-16)22-17(24)12-5-4-9-23(11-12)18(19)25/h2-3,6-7,12,15H,4-5,8-11H2,1H3,(H2,19,25)(H,20,21)(H,22,24)/t12-,15-/m1/s1. The van der Waals surface area contributed by atoms with Gasteiger partial charge in [-0.15, -0.1) is 0 Å². The first-order valence-corrected chi connectivity index (χ1v) is 10.3.